The molecule has 0 amide bonds. The average Bonchev–Trinajstić information content (AvgIpc) is 2.72. The molecule has 0 saturated heterocycles. The third-order valence-electron chi connectivity index (χ3n) is 5.05. The van der Waals surface area contributed by atoms with Crippen molar-refractivity contribution in [2.75, 3.05) is 6.54 Å². The fraction of sp³-hybridized carbons (Fsp3) is 0.625. The Morgan fingerprint density at radius 1 is 1.11 bits per heavy atom. The van der Waals surface area contributed by atoms with Gasteiger partial charge in [-0.05, 0) is 29.4 Å². The molecule has 3 N–H and O–H groups in total. The maximum absolute atomic E-state index is 6.20. The zero-order valence-electron chi connectivity index (χ0n) is 12.0. The SMILES string of the molecule is CC1(C)C(NCCC(N)c2ccccc2)C1(C)C. The molecule has 0 spiro atoms. The molecule has 1 aliphatic rings. The molecule has 100 valence electrons. The van der Waals surface area contributed by atoms with Crippen molar-refractivity contribution < 1.29 is 0 Å². The molecule has 1 unspecified atom stereocenters. The Kier molecular flexibility index (Phi) is 3.52. The molecular weight excluding hydrogens is 220 g/mol. The zero-order chi connectivity index (χ0) is 13.4. The first-order chi connectivity index (χ1) is 8.37. The van der Waals surface area contributed by atoms with E-state index in [1.807, 2.05) is 6.07 Å². The number of benzene rings is 1. The third kappa shape index (κ3) is 2.32. The predicted octanol–water partition coefficient (Wildman–Crippen LogP) is 3.10. The molecule has 1 aromatic carbocycles. The van der Waals surface area contributed by atoms with Gasteiger partial charge in [-0.3, -0.25) is 0 Å². The van der Waals surface area contributed by atoms with Gasteiger partial charge < -0.3 is 11.1 Å². The topological polar surface area (TPSA) is 38.0 Å². The smallest absolute Gasteiger partial charge is 0.0306 e. The van der Waals surface area contributed by atoms with Crippen LogP contribution in [0.3, 0.4) is 0 Å². The Morgan fingerprint density at radius 2 is 1.67 bits per heavy atom. The van der Waals surface area contributed by atoms with Crippen LogP contribution >= 0.6 is 0 Å². The summed E-state index contributed by atoms with van der Waals surface area (Å²) in [5.74, 6) is 0. The molecule has 0 heterocycles. The summed E-state index contributed by atoms with van der Waals surface area (Å²) >= 11 is 0. The van der Waals surface area contributed by atoms with Gasteiger partial charge in [0.25, 0.3) is 0 Å². The number of nitrogens with two attached hydrogens (primary N) is 1. The summed E-state index contributed by atoms with van der Waals surface area (Å²) in [6.07, 6.45) is 0.993. The lowest BCUT2D eigenvalue weighted by Gasteiger charge is -2.13. The third-order valence-corrected chi connectivity index (χ3v) is 5.05. The summed E-state index contributed by atoms with van der Waals surface area (Å²) < 4.78 is 0. The van der Waals surface area contributed by atoms with Crippen molar-refractivity contribution in [3.05, 3.63) is 35.9 Å². The Labute approximate surface area is 111 Å². The maximum Gasteiger partial charge on any atom is 0.0306 e. The van der Waals surface area contributed by atoms with Crippen molar-refractivity contribution >= 4 is 0 Å². The highest BCUT2D eigenvalue weighted by molar-refractivity contribution is 5.19. The van der Waals surface area contributed by atoms with E-state index in [1.165, 1.54) is 5.56 Å². The van der Waals surface area contributed by atoms with Gasteiger partial charge in [0, 0.05) is 12.1 Å². The van der Waals surface area contributed by atoms with Gasteiger partial charge in [0.1, 0.15) is 0 Å². The van der Waals surface area contributed by atoms with E-state index in [-0.39, 0.29) is 6.04 Å². The van der Waals surface area contributed by atoms with E-state index in [0.29, 0.717) is 16.9 Å². The Bertz CT molecular complexity index is 381. The second-order valence-electron chi connectivity index (χ2n) is 6.64. The van der Waals surface area contributed by atoms with Gasteiger partial charge >= 0.3 is 0 Å². The molecule has 1 aliphatic carbocycles. The summed E-state index contributed by atoms with van der Waals surface area (Å²) in [5.41, 5.74) is 8.24. The summed E-state index contributed by atoms with van der Waals surface area (Å²) in [4.78, 5) is 0. The monoisotopic (exact) mass is 246 g/mol. The molecule has 0 radical (unpaired) electrons. The average molecular weight is 246 g/mol. The number of nitrogens with one attached hydrogen (secondary N) is 1. The number of rotatable bonds is 5. The molecular formula is C16H26N2. The lowest BCUT2D eigenvalue weighted by molar-refractivity contribution is 0.457. The standard InChI is InChI=1S/C16H26N2/c1-15(2)14(16(15,3)4)18-11-10-13(17)12-8-6-5-7-9-12/h5-9,13-14,18H,10-11,17H2,1-4H3. The second-order valence-corrected chi connectivity index (χ2v) is 6.64. The van der Waals surface area contributed by atoms with E-state index in [1.54, 1.807) is 0 Å². The van der Waals surface area contributed by atoms with Crippen LogP contribution in [0, 0.1) is 10.8 Å². The first-order valence-electron chi connectivity index (χ1n) is 6.91. The predicted molar refractivity (Wildman–Crippen MR) is 77.3 cm³/mol. The molecule has 1 fully saturated rings. The van der Waals surface area contributed by atoms with Crippen molar-refractivity contribution in [2.24, 2.45) is 16.6 Å². The zero-order valence-corrected chi connectivity index (χ0v) is 12.0. The van der Waals surface area contributed by atoms with Crippen LogP contribution in [0.4, 0.5) is 0 Å². The van der Waals surface area contributed by atoms with E-state index >= 15 is 0 Å². The van der Waals surface area contributed by atoms with Crippen LogP contribution in [0.5, 0.6) is 0 Å². The Balaban J connectivity index is 1.77. The van der Waals surface area contributed by atoms with Crippen molar-refractivity contribution in [1.82, 2.24) is 5.32 Å². The molecule has 2 nitrogen and oxygen atoms in total. The molecule has 1 aromatic rings. The van der Waals surface area contributed by atoms with E-state index in [2.05, 4.69) is 57.3 Å². The molecule has 1 atom stereocenters. The van der Waals surface area contributed by atoms with E-state index in [0.717, 1.165) is 13.0 Å². The van der Waals surface area contributed by atoms with E-state index < -0.39 is 0 Å². The summed E-state index contributed by atoms with van der Waals surface area (Å²) in [6, 6.07) is 11.1. The van der Waals surface area contributed by atoms with Crippen LogP contribution in [0.15, 0.2) is 30.3 Å². The van der Waals surface area contributed by atoms with Crippen molar-refractivity contribution in [1.29, 1.82) is 0 Å². The van der Waals surface area contributed by atoms with Crippen molar-refractivity contribution in [3.63, 3.8) is 0 Å². The first-order valence-corrected chi connectivity index (χ1v) is 6.91. The largest absolute Gasteiger partial charge is 0.324 e. The second kappa shape index (κ2) is 4.67. The van der Waals surface area contributed by atoms with Gasteiger partial charge in [-0.1, -0.05) is 58.0 Å². The lowest BCUT2D eigenvalue weighted by atomic mass is 10.0. The molecule has 0 aromatic heterocycles. The summed E-state index contributed by atoms with van der Waals surface area (Å²) in [5, 5.41) is 3.66. The fourth-order valence-electron chi connectivity index (χ4n) is 2.96. The van der Waals surface area contributed by atoms with Crippen molar-refractivity contribution in [3.8, 4) is 0 Å². The van der Waals surface area contributed by atoms with Gasteiger partial charge in [0.15, 0.2) is 0 Å². The Morgan fingerprint density at radius 3 is 2.17 bits per heavy atom. The Hall–Kier alpha value is -0.860. The highest BCUT2D eigenvalue weighted by Gasteiger charge is 2.64. The van der Waals surface area contributed by atoms with Gasteiger partial charge in [0.2, 0.25) is 0 Å². The van der Waals surface area contributed by atoms with Gasteiger partial charge in [-0.2, -0.15) is 0 Å². The summed E-state index contributed by atoms with van der Waals surface area (Å²) in [7, 11) is 0. The van der Waals surface area contributed by atoms with Crippen LogP contribution in [0.25, 0.3) is 0 Å². The molecule has 0 bridgehead atoms. The van der Waals surface area contributed by atoms with Crippen molar-refractivity contribution in [2.45, 2.75) is 46.2 Å². The van der Waals surface area contributed by atoms with Crippen LogP contribution in [0.2, 0.25) is 0 Å². The normalized spacial score (nSPS) is 22.7. The fourth-order valence-corrected chi connectivity index (χ4v) is 2.96. The molecule has 18 heavy (non-hydrogen) atoms. The van der Waals surface area contributed by atoms with Gasteiger partial charge in [-0.15, -0.1) is 0 Å². The summed E-state index contributed by atoms with van der Waals surface area (Å²) in [6.45, 7) is 10.3. The van der Waals surface area contributed by atoms with E-state index in [4.69, 9.17) is 5.73 Å². The number of hydrogen-bond donors (Lipinski definition) is 2. The first kappa shape index (κ1) is 13.6. The van der Waals surface area contributed by atoms with E-state index in [9.17, 15) is 0 Å². The minimum atomic E-state index is 0.142. The molecule has 0 aliphatic heterocycles. The van der Waals surface area contributed by atoms with Gasteiger partial charge in [-0.25, -0.2) is 0 Å². The van der Waals surface area contributed by atoms with Crippen LogP contribution in [-0.4, -0.2) is 12.6 Å². The minimum absolute atomic E-state index is 0.142. The van der Waals surface area contributed by atoms with Crippen LogP contribution in [-0.2, 0) is 0 Å². The molecule has 1 saturated carbocycles. The molecule has 2 rings (SSSR count). The van der Waals surface area contributed by atoms with Gasteiger partial charge in [0.05, 0.1) is 0 Å². The quantitative estimate of drug-likeness (QED) is 0.838. The highest BCUT2D eigenvalue weighted by atomic mass is 15.0. The molecule has 2 heteroatoms. The van der Waals surface area contributed by atoms with Crippen LogP contribution < -0.4 is 11.1 Å². The maximum atomic E-state index is 6.20. The number of hydrogen-bond acceptors (Lipinski definition) is 2. The lowest BCUT2D eigenvalue weighted by Crippen LogP contribution is -2.26. The van der Waals surface area contributed by atoms with Crippen LogP contribution in [0.1, 0.15) is 45.7 Å². The minimum Gasteiger partial charge on any atom is -0.324 e. The highest BCUT2D eigenvalue weighted by Crippen LogP contribution is 2.62.